The number of aromatic nitrogens is 3. The maximum Gasteiger partial charge on any atom is 0.350 e. The van der Waals surface area contributed by atoms with Crippen LogP contribution in [0.5, 0.6) is 0 Å². The molecular weight excluding hydrogens is 252 g/mol. The molecule has 3 rings (SSSR count). The molecule has 2 aromatic heterocycles. The van der Waals surface area contributed by atoms with Gasteiger partial charge in [-0.15, -0.1) is 5.10 Å². The highest BCUT2D eigenvalue weighted by atomic mass is 19.1. The summed E-state index contributed by atoms with van der Waals surface area (Å²) >= 11 is 0. The minimum absolute atomic E-state index is 0.173. The van der Waals surface area contributed by atoms with E-state index in [-0.39, 0.29) is 12.1 Å². The van der Waals surface area contributed by atoms with Gasteiger partial charge in [-0.05, 0) is 24.3 Å². The number of halogens is 2. The Kier molecular flexibility index (Phi) is 2.63. The van der Waals surface area contributed by atoms with Crippen LogP contribution >= 0.6 is 0 Å². The van der Waals surface area contributed by atoms with Crippen molar-refractivity contribution in [2.45, 2.75) is 6.54 Å². The fourth-order valence-corrected chi connectivity index (χ4v) is 1.90. The van der Waals surface area contributed by atoms with Gasteiger partial charge in [0.25, 0.3) is 0 Å². The smallest absolute Gasteiger partial charge is 0.250 e. The lowest BCUT2D eigenvalue weighted by Gasteiger charge is -2.03. The van der Waals surface area contributed by atoms with Crippen LogP contribution < -0.4 is 5.69 Å². The van der Waals surface area contributed by atoms with Gasteiger partial charge in [0, 0.05) is 11.8 Å². The Labute approximate surface area is 106 Å². The van der Waals surface area contributed by atoms with Gasteiger partial charge in [-0.25, -0.2) is 18.3 Å². The molecule has 0 atom stereocenters. The predicted molar refractivity (Wildman–Crippen MR) is 64.9 cm³/mol. The first-order valence-electron chi connectivity index (χ1n) is 5.64. The van der Waals surface area contributed by atoms with Crippen LogP contribution in [0.1, 0.15) is 5.56 Å². The van der Waals surface area contributed by atoms with E-state index in [4.69, 9.17) is 0 Å². The van der Waals surface area contributed by atoms with E-state index >= 15 is 0 Å². The third-order valence-electron chi connectivity index (χ3n) is 2.86. The van der Waals surface area contributed by atoms with Crippen LogP contribution in [0.4, 0.5) is 8.78 Å². The molecule has 0 bridgehead atoms. The second kappa shape index (κ2) is 4.31. The van der Waals surface area contributed by atoms with Gasteiger partial charge < -0.3 is 0 Å². The molecule has 0 unspecified atom stereocenters. The van der Waals surface area contributed by atoms with Crippen LogP contribution in [-0.4, -0.2) is 14.2 Å². The molecule has 0 saturated heterocycles. The van der Waals surface area contributed by atoms with Crippen molar-refractivity contribution in [3.05, 3.63) is 70.3 Å². The first-order valence-corrected chi connectivity index (χ1v) is 5.64. The van der Waals surface area contributed by atoms with Crippen LogP contribution in [0.2, 0.25) is 0 Å². The fraction of sp³-hybridized carbons (Fsp3) is 0.0769. The topological polar surface area (TPSA) is 39.3 Å². The highest BCUT2D eigenvalue weighted by Crippen LogP contribution is 2.12. The number of rotatable bonds is 2. The van der Waals surface area contributed by atoms with Gasteiger partial charge in [0.2, 0.25) is 0 Å². The summed E-state index contributed by atoms with van der Waals surface area (Å²) in [6, 6.07) is 8.65. The Hall–Kier alpha value is -2.50. The molecule has 4 nitrogen and oxygen atoms in total. The van der Waals surface area contributed by atoms with Crippen molar-refractivity contribution >= 4 is 5.65 Å². The molecule has 0 fully saturated rings. The Bertz CT molecular complexity index is 787. The van der Waals surface area contributed by atoms with Crippen LogP contribution in [0.3, 0.4) is 0 Å². The van der Waals surface area contributed by atoms with Crippen molar-refractivity contribution in [2.24, 2.45) is 0 Å². The molecule has 96 valence electrons. The molecule has 0 aliphatic rings. The lowest BCUT2D eigenvalue weighted by molar-refractivity contribution is 0.528. The summed E-state index contributed by atoms with van der Waals surface area (Å²) in [5, 5.41) is 4.02. The number of hydrogen-bond acceptors (Lipinski definition) is 2. The van der Waals surface area contributed by atoms with E-state index in [1.54, 1.807) is 24.4 Å². The molecule has 0 N–H and O–H groups in total. The van der Waals surface area contributed by atoms with E-state index in [2.05, 4.69) is 5.10 Å². The molecule has 0 aliphatic carbocycles. The number of fused-ring (bicyclic) bond motifs is 1. The summed E-state index contributed by atoms with van der Waals surface area (Å²) in [5.41, 5.74) is -0.171. The van der Waals surface area contributed by atoms with Crippen molar-refractivity contribution in [1.29, 1.82) is 0 Å². The Balaban J connectivity index is 2.11. The summed E-state index contributed by atoms with van der Waals surface area (Å²) in [4.78, 5) is 12.0. The number of benzene rings is 1. The molecule has 2 heterocycles. The molecule has 0 spiro atoms. The molecule has 0 saturated carbocycles. The molecule has 6 heteroatoms. The van der Waals surface area contributed by atoms with Gasteiger partial charge in [-0.2, -0.15) is 0 Å². The zero-order valence-corrected chi connectivity index (χ0v) is 9.75. The summed E-state index contributed by atoms with van der Waals surface area (Å²) in [5.74, 6) is -1.38. The Morgan fingerprint density at radius 2 is 1.79 bits per heavy atom. The second-order valence-electron chi connectivity index (χ2n) is 4.07. The normalized spacial score (nSPS) is 11.1. The average Bonchev–Trinajstić information content (AvgIpc) is 2.72. The minimum atomic E-state index is -0.691. The molecule has 3 aromatic rings. The van der Waals surface area contributed by atoms with Crippen LogP contribution in [-0.2, 0) is 6.54 Å². The first kappa shape index (κ1) is 11.6. The first-order chi connectivity index (χ1) is 9.16. The van der Waals surface area contributed by atoms with E-state index in [0.717, 1.165) is 16.8 Å². The van der Waals surface area contributed by atoms with Crippen molar-refractivity contribution < 1.29 is 8.78 Å². The predicted octanol–water partition coefficient (Wildman–Crippen LogP) is 1.82. The SMILES string of the molecule is O=c1n(Cc2c(F)cccc2F)nc2ccccn12. The van der Waals surface area contributed by atoms with E-state index in [1.807, 2.05) is 0 Å². The number of pyridine rings is 1. The number of hydrogen-bond donors (Lipinski definition) is 0. The lowest BCUT2D eigenvalue weighted by Crippen LogP contribution is -2.22. The van der Waals surface area contributed by atoms with Crippen molar-refractivity contribution in [3.8, 4) is 0 Å². The van der Waals surface area contributed by atoms with E-state index in [1.165, 1.54) is 10.5 Å². The molecule has 0 radical (unpaired) electrons. The minimum Gasteiger partial charge on any atom is -0.250 e. The van der Waals surface area contributed by atoms with Gasteiger partial charge in [0.05, 0.1) is 6.54 Å². The fourth-order valence-electron chi connectivity index (χ4n) is 1.90. The number of nitrogens with zero attached hydrogens (tertiary/aromatic N) is 3. The van der Waals surface area contributed by atoms with Crippen LogP contribution in [0, 0.1) is 11.6 Å². The lowest BCUT2D eigenvalue weighted by atomic mass is 10.2. The summed E-state index contributed by atoms with van der Waals surface area (Å²) in [6.07, 6.45) is 1.55. The molecule has 0 aliphatic heterocycles. The largest absolute Gasteiger partial charge is 0.350 e. The zero-order valence-electron chi connectivity index (χ0n) is 9.75. The van der Waals surface area contributed by atoms with Crippen molar-refractivity contribution in [1.82, 2.24) is 14.2 Å². The van der Waals surface area contributed by atoms with Crippen LogP contribution in [0.25, 0.3) is 5.65 Å². The average molecular weight is 261 g/mol. The highest BCUT2D eigenvalue weighted by molar-refractivity contribution is 5.35. The van der Waals surface area contributed by atoms with Crippen LogP contribution in [0.15, 0.2) is 47.4 Å². The Morgan fingerprint density at radius 1 is 1.05 bits per heavy atom. The zero-order chi connectivity index (χ0) is 13.4. The summed E-state index contributed by atoms with van der Waals surface area (Å²) in [6.45, 7) is -0.237. The Morgan fingerprint density at radius 3 is 2.47 bits per heavy atom. The van der Waals surface area contributed by atoms with Gasteiger partial charge >= 0.3 is 5.69 Å². The maximum atomic E-state index is 13.5. The second-order valence-corrected chi connectivity index (χ2v) is 4.07. The molecule has 19 heavy (non-hydrogen) atoms. The van der Waals surface area contributed by atoms with Gasteiger partial charge in [-0.1, -0.05) is 12.1 Å². The summed E-state index contributed by atoms with van der Waals surface area (Å²) in [7, 11) is 0. The van der Waals surface area contributed by atoms with E-state index in [0.29, 0.717) is 5.65 Å². The van der Waals surface area contributed by atoms with Gasteiger partial charge in [0.1, 0.15) is 11.6 Å². The standard InChI is InChI=1S/C13H9F2N3O/c14-10-4-3-5-11(15)9(10)8-18-13(19)17-7-2-1-6-12(17)16-18/h1-7H,8H2. The molecular formula is C13H9F2N3O. The van der Waals surface area contributed by atoms with Gasteiger partial charge in [-0.3, -0.25) is 4.40 Å². The van der Waals surface area contributed by atoms with Crippen molar-refractivity contribution in [2.75, 3.05) is 0 Å². The third-order valence-corrected chi connectivity index (χ3v) is 2.86. The molecule has 0 amide bonds. The quantitative estimate of drug-likeness (QED) is 0.706. The third kappa shape index (κ3) is 1.91. The van der Waals surface area contributed by atoms with E-state index in [9.17, 15) is 13.6 Å². The van der Waals surface area contributed by atoms with E-state index < -0.39 is 17.3 Å². The van der Waals surface area contributed by atoms with Crippen molar-refractivity contribution in [3.63, 3.8) is 0 Å². The monoisotopic (exact) mass is 261 g/mol. The molecule has 1 aromatic carbocycles. The summed E-state index contributed by atoms with van der Waals surface area (Å²) < 4.78 is 29.4. The van der Waals surface area contributed by atoms with Gasteiger partial charge in [0.15, 0.2) is 5.65 Å². The maximum absolute atomic E-state index is 13.5. The highest BCUT2D eigenvalue weighted by Gasteiger charge is 2.12.